The van der Waals surface area contributed by atoms with Crippen LogP contribution in [0.3, 0.4) is 0 Å². The van der Waals surface area contributed by atoms with Crippen molar-refractivity contribution in [3.8, 4) is 0 Å². The summed E-state index contributed by atoms with van der Waals surface area (Å²) in [6.45, 7) is 2.11. The summed E-state index contributed by atoms with van der Waals surface area (Å²) in [5.41, 5.74) is 12.7. The highest BCUT2D eigenvalue weighted by molar-refractivity contribution is 7.21. The molecule has 1 aliphatic carbocycles. The van der Waals surface area contributed by atoms with Gasteiger partial charge in [-0.05, 0) is 66.5 Å². The largest absolute Gasteiger partial charge is 0.397 e. The fourth-order valence-electron chi connectivity index (χ4n) is 4.38. The molecule has 4 nitrogen and oxygen atoms in total. The van der Waals surface area contributed by atoms with Gasteiger partial charge in [-0.15, -0.1) is 11.3 Å². The number of nitrogens with two attached hydrogens (primary N) is 1. The molecule has 4 aromatic rings. The minimum Gasteiger partial charge on any atom is -0.397 e. The van der Waals surface area contributed by atoms with Gasteiger partial charge in [0.15, 0.2) is 0 Å². The van der Waals surface area contributed by atoms with Gasteiger partial charge in [0.2, 0.25) is 0 Å². The van der Waals surface area contributed by atoms with E-state index in [4.69, 9.17) is 10.7 Å². The molecule has 2 aromatic heterocycles. The van der Waals surface area contributed by atoms with Crippen molar-refractivity contribution in [3.05, 3.63) is 87.9 Å². The van der Waals surface area contributed by atoms with Gasteiger partial charge in [-0.2, -0.15) is 0 Å². The Morgan fingerprint density at radius 3 is 2.68 bits per heavy atom. The van der Waals surface area contributed by atoms with Crippen molar-refractivity contribution in [1.82, 2.24) is 4.98 Å². The molecule has 3 N–H and O–H groups in total. The number of carbonyl (C=O) groups excluding carboxylic acids is 1. The summed E-state index contributed by atoms with van der Waals surface area (Å²) in [4.78, 5) is 19.2. The van der Waals surface area contributed by atoms with E-state index in [0.29, 0.717) is 16.5 Å². The summed E-state index contributed by atoms with van der Waals surface area (Å²) in [6.07, 6.45) is 3.98. The Hall–Kier alpha value is -3.18. The average molecular weight is 428 g/mol. The first kappa shape index (κ1) is 19.8. The van der Waals surface area contributed by atoms with Crippen LogP contribution in [0.5, 0.6) is 0 Å². The monoisotopic (exact) mass is 427 g/mol. The number of nitrogen functional groups attached to an aromatic ring is 1. The number of thiophene rings is 1. The van der Waals surface area contributed by atoms with Gasteiger partial charge in [-0.25, -0.2) is 4.98 Å². The maximum Gasteiger partial charge on any atom is 0.267 e. The second kappa shape index (κ2) is 8.16. The smallest absolute Gasteiger partial charge is 0.267 e. The zero-order valence-electron chi connectivity index (χ0n) is 17.5. The summed E-state index contributed by atoms with van der Waals surface area (Å²) in [5.74, 6) is 0.326. The summed E-state index contributed by atoms with van der Waals surface area (Å²) < 4.78 is 0. The molecule has 1 amide bonds. The fourth-order valence-corrected chi connectivity index (χ4v) is 5.37. The zero-order valence-corrected chi connectivity index (χ0v) is 18.3. The Morgan fingerprint density at radius 1 is 1.16 bits per heavy atom. The van der Waals surface area contributed by atoms with Crippen LogP contribution in [0.4, 0.5) is 11.4 Å². The van der Waals surface area contributed by atoms with Crippen LogP contribution in [-0.4, -0.2) is 10.9 Å². The fraction of sp³-hybridized carbons (Fsp3) is 0.231. The number of nitrogens with zero attached hydrogens (tertiary/aromatic N) is 1. The normalized spacial score (nSPS) is 15.6. The SMILES string of the molecule is CCc1ccc(NC(=O)c2sc3nc4c(cc3c2N)CC(c2ccccc2)CC4)cc1. The molecule has 0 bridgehead atoms. The van der Waals surface area contributed by atoms with Gasteiger partial charge in [-0.1, -0.05) is 49.4 Å². The van der Waals surface area contributed by atoms with E-state index < -0.39 is 0 Å². The standard InChI is InChI=1S/C26H25N3OS/c1-2-16-8-11-20(12-9-16)28-25(30)24-23(27)21-15-19-14-18(17-6-4-3-5-7-17)10-13-22(19)29-26(21)31-24/h3-9,11-12,15,18H,2,10,13-14,27H2,1H3,(H,28,30). The first-order valence-electron chi connectivity index (χ1n) is 10.8. The van der Waals surface area contributed by atoms with E-state index in [2.05, 4.69) is 48.6 Å². The van der Waals surface area contributed by atoms with Crippen LogP contribution in [0.2, 0.25) is 0 Å². The van der Waals surface area contributed by atoms with E-state index in [1.165, 1.54) is 28.0 Å². The Balaban J connectivity index is 1.42. The molecule has 2 aromatic carbocycles. The topological polar surface area (TPSA) is 68.0 Å². The van der Waals surface area contributed by atoms with Crippen LogP contribution in [0.1, 0.15) is 51.3 Å². The van der Waals surface area contributed by atoms with E-state index in [1.807, 2.05) is 24.3 Å². The molecule has 0 radical (unpaired) electrons. The van der Waals surface area contributed by atoms with Crippen LogP contribution in [0.15, 0.2) is 60.7 Å². The number of anilines is 2. The van der Waals surface area contributed by atoms with Crippen molar-refractivity contribution in [3.63, 3.8) is 0 Å². The third kappa shape index (κ3) is 3.81. The van der Waals surface area contributed by atoms with Crippen LogP contribution >= 0.6 is 11.3 Å². The number of fused-ring (bicyclic) bond motifs is 2. The molecule has 0 spiro atoms. The quantitative estimate of drug-likeness (QED) is 0.422. The highest BCUT2D eigenvalue weighted by Crippen LogP contribution is 2.38. The third-order valence-electron chi connectivity index (χ3n) is 6.18. The number of benzene rings is 2. The van der Waals surface area contributed by atoms with Crippen molar-refractivity contribution in [1.29, 1.82) is 0 Å². The summed E-state index contributed by atoms with van der Waals surface area (Å²) in [5, 5.41) is 3.87. The molecule has 1 unspecified atom stereocenters. The van der Waals surface area contributed by atoms with Crippen molar-refractivity contribution in [2.45, 2.75) is 38.5 Å². The molecule has 0 saturated carbocycles. The molecule has 0 saturated heterocycles. The maximum absolute atomic E-state index is 12.9. The summed E-state index contributed by atoms with van der Waals surface area (Å²) >= 11 is 1.38. The maximum atomic E-state index is 12.9. The highest BCUT2D eigenvalue weighted by Gasteiger charge is 2.24. The van der Waals surface area contributed by atoms with Gasteiger partial charge in [0.05, 0.1) is 5.69 Å². The van der Waals surface area contributed by atoms with E-state index in [1.54, 1.807) is 0 Å². The summed E-state index contributed by atoms with van der Waals surface area (Å²) in [6, 6.07) is 20.8. The average Bonchev–Trinajstić information content (AvgIpc) is 3.14. The number of aromatic nitrogens is 1. The molecule has 5 heteroatoms. The number of nitrogens with one attached hydrogen (secondary N) is 1. The minimum atomic E-state index is -0.176. The van der Waals surface area contributed by atoms with Crippen molar-refractivity contribution in [2.75, 3.05) is 11.1 Å². The Bertz CT molecular complexity index is 1250. The second-order valence-corrected chi connectivity index (χ2v) is 9.15. The first-order valence-corrected chi connectivity index (χ1v) is 11.6. The predicted molar refractivity (Wildman–Crippen MR) is 129 cm³/mol. The molecular formula is C26H25N3OS. The van der Waals surface area contributed by atoms with Gasteiger partial charge in [0, 0.05) is 16.8 Å². The van der Waals surface area contributed by atoms with Crippen LogP contribution < -0.4 is 11.1 Å². The van der Waals surface area contributed by atoms with Crippen LogP contribution in [-0.2, 0) is 19.3 Å². The van der Waals surface area contributed by atoms with Gasteiger partial charge in [0.1, 0.15) is 9.71 Å². The van der Waals surface area contributed by atoms with Crippen molar-refractivity contribution in [2.24, 2.45) is 0 Å². The summed E-state index contributed by atoms with van der Waals surface area (Å²) in [7, 11) is 0. The molecule has 156 valence electrons. The lowest BCUT2D eigenvalue weighted by Gasteiger charge is -2.24. The second-order valence-electron chi connectivity index (χ2n) is 8.15. The number of hydrogen-bond donors (Lipinski definition) is 2. The van der Waals surface area contributed by atoms with E-state index in [0.717, 1.165) is 47.3 Å². The molecule has 31 heavy (non-hydrogen) atoms. The number of rotatable bonds is 4. The Kier molecular flexibility index (Phi) is 5.20. The predicted octanol–water partition coefficient (Wildman–Crippen LogP) is 5.97. The lowest BCUT2D eigenvalue weighted by Crippen LogP contribution is -2.14. The number of hydrogen-bond acceptors (Lipinski definition) is 4. The molecule has 1 atom stereocenters. The van der Waals surface area contributed by atoms with Crippen molar-refractivity contribution < 1.29 is 4.79 Å². The Labute approximate surface area is 186 Å². The van der Waals surface area contributed by atoms with Gasteiger partial charge >= 0.3 is 0 Å². The van der Waals surface area contributed by atoms with E-state index >= 15 is 0 Å². The molecule has 5 rings (SSSR count). The molecule has 0 aliphatic heterocycles. The number of pyridine rings is 1. The highest BCUT2D eigenvalue weighted by atomic mass is 32.1. The Morgan fingerprint density at radius 2 is 1.94 bits per heavy atom. The molecule has 0 fully saturated rings. The van der Waals surface area contributed by atoms with E-state index in [-0.39, 0.29) is 5.91 Å². The lowest BCUT2D eigenvalue weighted by atomic mass is 9.82. The molecule has 1 aliphatic rings. The van der Waals surface area contributed by atoms with Gasteiger partial charge in [-0.3, -0.25) is 4.79 Å². The zero-order chi connectivity index (χ0) is 21.4. The minimum absolute atomic E-state index is 0.176. The van der Waals surface area contributed by atoms with Gasteiger partial charge < -0.3 is 11.1 Å². The van der Waals surface area contributed by atoms with Crippen LogP contribution in [0, 0.1) is 0 Å². The number of amides is 1. The number of carbonyl (C=O) groups is 1. The first-order chi connectivity index (χ1) is 15.1. The number of aryl methyl sites for hydroxylation is 2. The van der Waals surface area contributed by atoms with E-state index in [9.17, 15) is 4.79 Å². The molecule has 2 heterocycles. The molecular weight excluding hydrogens is 402 g/mol. The third-order valence-corrected chi connectivity index (χ3v) is 7.30. The van der Waals surface area contributed by atoms with Crippen LogP contribution in [0.25, 0.3) is 10.2 Å². The lowest BCUT2D eigenvalue weighted by molar-refractivity contribution is 0.103. The van der Waals surface area contributed by atoms with Gasteiger partial charge in [0.25, 0.3) is 5.91 Å². The van der Waals surface area contributed by atoms with Crippen molar-refractivity contribution >= 4 is 38.8 Å².